The Kier molecular flexibility index (Phi) is 3.67. The number of hydrogen-bond donors (Lipinski definition) is 1. The van der Waals surface area contributed by atoms with Gasteiger partial charge in [0.15, 0.2) is 0 Å². The number of nitro groups is 1. The molecule has 1 N–H and O–H groups in total. The number of piperidine rings is 1. The Morgan fingerprint density at radius 3 is 3.10 bits per heavy atom. The molecular formula is C14H18FN3O2. The lowest BCUT2D eigenvalue weighted by Crippen LogP contribution is -2.44. The molecule has 0 aromatic heterocycles. The van der Waals surface area contributed by atoms with Gasteiger partial charge in [0.05, 0.1) is 4.92 Å². The molecule has 0 aliphatic carbocycles. The molecule has 108 valence electrons. The Morgan fingerprint density at radius 2 is 2.30 bits per heavy atom. The molecule has 0 saturated carbocycles. The van der Waals surface area contributed by atoms with E-state index < -0.39 is 10.7 Å². The summed E-state index contributed by atoms with van der Waals surface area (Å²) >= 11 is 0. The van der Waals surface area contributed by atoms with Crippen LogP contribution in [0.25, 0.3) is 0 Å². The second-order valence-corrected chi connectivity index (χ2v) is 5.63. The summed E-state index contributed by atoms with van der Waals surface area (Å²) in [5.74, 6) is 0.208. The minimum atomic E-state index is -0.427. The number of halogens is 1. The second kappa shape index (κ2) is 5.46. The number of rotatable bonds is 3. The van der Waals surface area contributed by atoms with Gasteiger partial charge in [-0.05, 0) is 44.0 Å². The van der Waals surface area contributed by atoms with Crippen molar-refractivity contribution in [1.29, 1.82) is 0 Å². The number of fused-ring (bicyclic) bond motifs is 1. The lowest BCUT2D eigenvalue weighted by Gasteiger charge is -2.36. The first-order chi connectivity index (χ1) is 9.65. The molecule has 0 bridgehead atoms. The van der Waals surface area contributed by atoms with Crippen molar-refractivity contribution in [3.05, 3.63) is 39.7 Å². The first kappa shape index (κ1) is 13.5. The zero-order chi connectivity index (χ0) is 14.1. The predicted octanol–water partition coefficient (Wildman–Crippen LogP) is 1.92. The van der Waals surface area contributed by atoms with Gasteiger partial charge in [0.2, 0.25) is 0 Å². The number of nitrogens with zero attached hydrogens (tertiary/aromatic N) is 2. The maximum absolute atomic E-state index is 13.4. The van der Waals surface area contributed by atoms with Crippen LogP contribution in [0.5, 0.6) is 0 Å². The van der Waals surface area contributed by atoms with E-state index in [0.29, 0.717) is 24.1 Å². The van der Waals surface area contributed by atoms with Crippen molar-refractivity contribution in [3.63, 3.8) is 0 Å². The summed E-state index contributed by atoms with van der Waals surface area (Å²) in [5.41, 5.74) is 0.488. The van der Waals surface area contributed by atoms with E-state index in [0.717, 1.165) is 32.1 Å². The van der Waals surface area contributed by atoms with Gasteiger partial charge in [-0.2, -0.15) is 0 Å². The highest BCUT2D eigenvalue weighted by molar-refractivity contribution is 5.40. The third-order valence-corrected chi connectivity index (χ3v) is 4.41. The van der Waals surface area contributed by atoms with Gasteiger partial charge < -0.3 is 5.32 Å². The van der Waals surface area contributed by atoms with Crippen molar-refractivity contribution in [2.75, 3.05) is 19.6 Å². The molecule has 20 heavy (non-hydrogen) atoms. The molecule has 0 spiro atoms. The molecule has 5 nitrogen and oxygen atoms in total. The normalized spacial score (nSPS) is 26.4. The van der Waals surface area contributed by atoms with E-state index in [2.05, 4.69) is 10.2 Å². The molecule has 1 aromatic carbocycles. The highest BCUT2D eigenvalue weighted by Gasteiger charge is 2.35. The van der Waals surface area contributed by atoms with E-state index >= 15 is 0 Å². The summed E-state index contributed by atoms with van der Waals surface area (Å²) in [6, 6.07) is 4.13. The Bertz CT molecular complexity index is 523. The van der Waals surface area contributed by atoms with Crippen LogP contribution >= 0.6 is 0 Å². The summed E-state index contributed by atoms with van der Waals surface area (Å²) in [4.78, 5) is 12.9. The van der Waals surface area contributed by atoms with E-state index in [9.17, 15) is 14.5 Å². The molecule has 2 saturated heterocycles. The third-order valence-electron chi connectivity index (χ3n) is 4.41. The fourth-order valence-corrected chi connectivity index (χ4v) is 3.44. The first-order valence-corrected chi connectivity index (χ1v) is 7.03. The Hall–Kier alpha value is -1.53. The van der Waals surface area contributed by atoms with Gasteiger partial charge in [0.25, 0.3) is 5.69 Å². The number of nitro benzene ring substituents is 1. The molecule has 2 aliphatic rings. The average Bonchev–Trinajstić information content (AvgIpc) is 2.88. The summed E-state index contributed by atoms with van der Waals surface area (Å²) in [5, 5.41) is 14.4. The van der Waals surface area contributed by atoms with Crippen molar-refractivity contribution in [2.45, 2.75) is 25.4 Å². The minimum absolute atomic E-state index is 0.0134. The number of likely N-dealkylation sites (tertiary alicyclic amines) is 1. The largest absolute Gasteiger partial charge is 0.315 e. The van der Waals surface area contributed by atoms with Crippen LogP contribution in [-0.4, -0.2) is 35.5 Å². The molecule has 3 rings (SSSR count). The number of benzene rings is 1. The van der Waals surface area contributed by atoms with Crippen LogP contribution < -0.4 is 5.32 Å². The monoisotopic (exact) mass is 279 g/mol. The van der Waals surface area contributed by atoms with Gasteiger partial charge >= 0.3 is 0 Å². The fraction of sp³-hybridized carbons (Fsp3) is 0.571. The lowest BCUT2D eigenvalue weighted by molar-refractivity contribution is -0.385. The van der Waals surface area contributed by atoms with Crippen molar-refractivity contribution < 1.29 is 9.31 Å². The Labute approximate surface area is 116 Å². The predicted molar refractivity (Wildman–Crippen MR) is 72.8 cm³/mol. The van der Waals surface area contributed by atoms with Crippen molar-refractivity contribution >= 4 is 5.69 Å². The summed E-state index contributed by atoms with van der Waals surface area (Å²) < 4.78 is 13.4. The van der Waals surface area contributed by atoms with E-state index in [4.69, 9.17) is 0 Å². The van der Waals surface area contributed by atoms with Gasteiger partial charge in [-0.25, -0.2) is 4.39 Å². The van der Waals surface area contributed by atoms with Crippen LogP contribution in [0, 0.1) is 21.8 Å². The molecule has 6 heteroatoms. The quantitative estimate of drug-likeness (QED) is 0.678. The van der Waals surface area contributed by atoms with Crippen LogP contribution in [0.3, 0.4) is 0 Å². The Morgan fingerprint density at radius 1 is 1.45 bits per heavy atom. The summed E-state index contributed by atoms with van der Waals surface area (Å²) in [6.07, 6.45) is 2.31. The van der Waals surface area contributed by atoms with Gasteiger partial charge in [0, 0.05) is 30.8 Å². The fourth-order valence-electron chi connectivity index (χ4n) is 3.44. The van der Waals surface area contributed by atoms with E-state index in [1.165, 1.54) is 18.6 Å². The highest BCUT2D eigenvalue weighted by atomic mass is 19.1. The molecule has 2 heterocycles. The maximum atomic E-state index is 13.4. The van der Waals surface area contributed by atoms with Gasteiger partial charge in [-0.15, -0.1) is 0 Å². The smallest absolute Gasteiger partial charge is 0.274 e. The SMILES string of the molecule is O=[N+]([O-])c1ccc(F)cc1CN1CCCC2CNCC21. The zero-order valence-corrected chi connectivity index (χ0v) is 11.2. The van der Waals surface area contributed by atoms with Gasteiger partial charge in [0.1, 0.15) is 5.82 Å². The van der Waals surface area contributed by atoms with Crippen molar-refractivity contribution in [2.24, 2.45) is 5.92 Å². The standard InChI is InChI=1S/C14H18FN3O2/c15-12-3-4-13(18(19)20)11(6-12)9-17-5-1-2-10-7-16-8-14(10)17/h3-4,6,10,14,16H,1-2,5,7-9H2. The second-order valence-electron chi connectivity index (χ2n) is 5.63. The minimum Gasteiger partial charge on any atom is -0.315 e. The molecule has 0 amide bonds. The van der Waals surface area contributed by atoms with Gasteiger partial charge in [-0.3, -0.25) is 15.0 Å². The molecule has 2 atom stereocenters. The van der Waals surface area contributed by atoms with Crippen LogP contribution in [0.2, 0.25) is 0 Å². The lowest BCUT2D eigenvalue weighted by atomic mass is 9.91. The molecule has 2 fully saturated rings. The molecule has 2 aliphatic heterocycles. The average molecular weight is 279 g/mol. The number of nitrogens with one attached hydrogen (secondary N) is 1. The molecular weight excluding hydrogens is 261 g/mol. The maximum Gasteiger partial charge on any atom is 0.274 e. The van der Waals surface area contributed by atoms with Crippen LogP contribution in [0.1, 0.15) is 18.4 Å². The highest BCUT2D eigenvalue weighted by Crippen LogP contribution is 2.29. The van der Waals surface area contributed by atoms with Crippen LogP contribution in [0.4, 0.5) is 10.1 Å². The summed E-state index contributed by atoms with van der Waals surface area (Å²) in [7, 11) is 0. The molecule has 0 radical (unpaired) electrons. The molecule has 2 unspecified atom stereocenters. The first-order valence-electron chi connectivity index (χ1n) is 7.03. The van der Waals surface area contributed by atoms with E-state index in [-0.39, 0.29) is 5.69 Å². The van der Waals surface area contributed by atoms with Crippen LogP contribution in [-0.2, 0) is 6.54 Å². The topological polar surface area (TPSA) is 58.4 Å². The van der Waals surface area contributed by atoms with E-state index in [1.54, 1.807) is 0 Å². The summed E-state index contributed by atoms with van der Waals surface area (Å²) in [6.45, 7) is 3.33. The van der Waals surface area contributed by atoms with E-state index in [1.807, 2.05) is 0 Å². The van der Waals surface area contributed by atoms with Gasteiger partial charge in [-0.1, -0.05) is 0 Å². The number of hydrogen-bond acceptors (Lipinski definition) is 4. The Balaban J connectivity index is 1.83. The van der Waals surface area contributed by atoms with Crippen molar-refractivity contribution in [1.82, 2.24) is 10.2 Å². The van der Waals surface area contributed by atoms with Crippen LogP contribution in [0.15, 0.2) is 18.2 Å². The zero-order valence-electron chi connectivity index (χ0n) is 11.2. The van der Waals surface area contributed by atoms with Crippen molar-refractivity contribution in [3.8, 4) is 0 Å². The molecule has 1 aromatic rings. The third kappa shape index (κ3) is 2.53.